The highest BCUT2D eigenvalue weighted by Gasteiger charge is 2.11. The van der Waals surface area contributed by atoms with Crippen molar-refractivity contribution in [2.75, 3.05) is 25.1 Å². The van der Waals surface area contributed by atoms with Crippen LogP contribution in [0.1, 0.15) is 30.6 Å². The number of carbonyl (C=O) groups is 2. The summed E-state index contributed by atoms with van der Waals surface area (Å²) in [4.78, 5) is 24.0. The molecule has 0 heterocycles. The van der Waals surface area contributed by atoms with Gasteiger partial charge in [0.25, 0.3) is 0 Å². The average Bonchev–Trinajstić information content (AvgIpc) is 2.36. The van der Waals surface area contributed by atoms with Crippen molar-refractivity contribution in [3.05, 3.63) is 29.6 Å². The largest absolute Gasteiger partial charge is 0.466 e. The molecule has 0 spiro atoms. The SMILES string of the molecule is CCOC(=O)CCN(C)c1ccc(C(C)=O)cc1F. The lowest BCUT2D eigenvalue weighted by atomic mass is 10.1. The molecule has 5 heteroatoms. The van der Waals surface area contributed by atoms with Crippen LogP contribution < -0.4 is 4.90 Å². The summed E-state index contributed by atoms with van der Waals surface area (Å²) >= 11 is 0. The number of hydrogen-bond donors (Lipinski definition) is 0. The van der Waals surface area contributed by atoms with Gasteiger partial charge in [0.1, 0.15) is 5.82 Å². The van der Waals surface area contributed by atoms with Gasteiger partial charge in [-0.3, -0.25) is 9.59 Å². The molecule has 0 bridgehead atoms. The Labute approximate surface area is 112 Å². The van der Waals surface area contributed by atoms with Gasteiger partial charge in [0.2, 0.25) is 0 Å². The normalized spacial score (nSPS) is 10.1. The Kier molecular flexibility index (Phi) is 5.48. The molecule has 104 valence electrons. The van der Waals surface area contributed by atoms with Crippen molar-refractivity contribution < 1.29 is 18.7 Å². The van der Waals surface area contributed by atoms with Crippen molar-refractivity contribution in [3.8, 4) is 0 Å². The average molecular weight is 267 g/mol. The number of rotatable bonds is 6. The fourth-order valence-corrected chi connectivity index (χ4v) is 1.65. The molecule has 1 aromatic rings. The Morgan fingerprint density at radius 3 is 2.58 bits per heavy atom. The number of carbonyl (C=O) groups excluding carboxylic acids is 2. The summed E-state index contributed by atoms with van der Waals surface area (Å²) in [5.41, 5.74) is 0.689. The predicted octanol–water partition coefficient (Wildman–Crippen LogP) is 2.42. The number of Topliss-reactive ketones (excluding diaryl/α,β-unsaturated/α-hetero) is 1. The molecule has 0 unspecified atom stereocenters. The molecule has 0 N–H and O–H groups in total. The molecule has 0 aromatic heterocycles. The van der Waals surface area contributed by atoms with Crippen LogP contribution in [0.4, 0.5) is 10.1 Å². The summed E-state index contributed by atoms with van der Waals surface area (Å²) in [7, 11) is 1.69. The maximum Gasteiger partial charge on any atom is 0.307 e. The van der Waals surface area contributed by atoms with Crippen LogP contribution in [-0.2, 0) is 9.53 Å². The highest BCUT2D eigenvalue weighted by Crippen LogP contribution is 2.20. The summed E-state index contributed by atoms with van der Waals surface area (Å²) in [6, 6.07) is 4.32. The quantitative estimate of drug-likeness (QED) is 0.586. The van der Waals surface area contributed by atoms with Crippen molar-refractivity contribution in [2.24, 2.45) is 0 Å². The van der Waals surface area contributed by atoms with Crippen LogP contribution in [0, 0.1) is 5.82 Å². The molecule has 0 amide bonds. The molecule has 0 saturated carbocycles. The van der Waals surface area contributed by atoms with Crippen LogP contribution in [0.5, 0.6) is 0 Å². The Morgan fingerprint density at radius 2 is 2.05 bits per heavy atom. The number of ketones is 1. The molecule has 0 atom stereocenters. The molecule has 4 nitrogen and oxygen atoms in total. The molecular weight excluding hydrogens is 249 g/mol. The minimum atomic E-state index is -0.473. The lowest BCUT2D eigenvalue weighted by Gasteiger charge is -2.19. The van der Waals surface area contributed by atoms with Crippen molar-refractivity contribution in [2.45, 2.75) is 20.3 Å². The van der Waals surface area contributed by atoms with Gasteiger partial charge in [-0.15, -0.1) is 0 Å². The lowest BCUT2D eigenvalue weighted by Crippen LogP contribution is -2.23. The Balaban J connectivity index is 2.69. The van der Waals surface area contributed by atoms with E-state index in [2.05, 4.69) is 0 Å². The van der Waals surface area contributed by atoms with Gasteiger partial charge in [-0.25, -0.2) is 4.39 Å². The van der Waals surface area contributed by atoms with Crippen molar-refractivity contribution in [1.29, 1.82) is 0 Å². The third kappa shape index (κ3) is 4.35. The van der Waals surface area contributed by atoms with E-state index in [9.17, 15) is 14.0 Å². The van der Waals surface area contributed by atoms with E-state index >= 15 is 0 Å². The van der Waals surface area contributed by atoms with E-state index in [-0.39, 0.29) is 18.2 Å². The van der Waals surface area contributed by atoms with Crippen LogP contribution >= 0.6 is 0 Å². The molecule has 0 saturated heterocycles. The van der Waals surface area contributed by atoms with Crippen molar-refractivity contribution in [3.63, 3.8) is 0 Å². The van der Waals surface area contributed by atoms with Crippen LogP contribution in [0.3, 0.4) is 0 Å². The second kappa shape index (κ2) is 6.87. The van der Waals surface area contributed by atoms with E-state index in [4.69, 9.17) is 4.74 Å². The molecule has 0 fully saturated rings. The Morgan fingerprint density at radius 1 is 1.37 bits per heavy atom. The first-order valence-electron chi connectivity index (χ1n) is 6.13. The van der Waals surface area contributed by atoms with Crippen LogP contribution in [0.25, 0.3) is 0 Å². The number of esters is 1. The summed E-state index contributed by atoms with van der Waals surface area (Å²) in [6.07, 6.45) is 0.193. The van der Waals surface area contributed by atoms with Gasteiger partial charge in [-0.2, -0.15) is 0 Å². The number of nitrogens with zero attached hydrogens (tertiary/aromatic N) is 1. The zero-order chi connectivity index (χ0) is 14.4. The topological polar surface area (TPSA) is 46.6 Å². The van der Waals surface area contributed by atoms with Crippen molar-refractivity contribution >= 4 is 17.4 Å². The molecule has 1 rings (SSSR count). The maximum atomic E-state index is 13.8. The number of halogens is 1. The van der Waals surface area contributed by atoms with Gasteiger partial charge in [-0.05, 0) is 32.0 Å². The molecule has 0 aliphatic rings. The van der Waals surface area contributed by atoms with E-state index in [1.165, 1.54) is 19.1 Å². The van der Waals surface area contributed by atoms with Crippen LogP contribution in [0.2, 0.25) is 0 Å². The zero-order valence-corrected chi connectivity index (χ0v) is 11.4. The molecule has 0 aliphatic carbocycles. The first kappa shape index (κ1) is 15.1. The third-order valence-corrected chi connectivity index (χ3v) is 2.72. The van der Waals surface area contributed by atoms with Crippen LogP contribution in [0.15, 0.2) is 18.2 Å². The number of anilines is 1. The fraction of sp³-hybridized carbons (Fsp3) is 0.429. The van der Waals surface area contributed by atoms with Gasteiger partial charge in [0.15, 0.2) is 5.78 Å². The van der Waals surface area contributed by atoms with Gasteiger partial charge in [0.05, 0.1) is 18.7 Å². The standard InChI is InChI=1S/C14H18FNO3/c1-4-19-14(18)7-8-16(3)13-6-5-11(10(2)17)9-12(13)15/h5-6,9H,4,7-8H2,1-3H3. The van der Waals surface area contributed by atoms with Crippen molar-refractivity contribution in [1.82, 2.24) is 0 Å². The predicted molar refractivity (Wildman–Crippen MR) is 70.9 cm³/mol. The number of benzene rings is 1. The van der Waals surface area contributed by atoms with Gasteiger partial charge in [-0.1, -0.05) is 0 Å². The Hall–Kier alpha value is -1.91. The van der Waals surface area contributed by atoms with E-state index in [1.807, 2.05) is 0 Å². The molecule has 19 heavy (non-hydrogen) atoms. The minimum Gasteiger partial charge on any atom is -0.466 e. The fourth-order valence-electron chi connectivity index (χ4n) is 1.65. The lowest BCUT2D eigenvalue weighted by molar-refractivity contribution is -0.142. The summed E-state index contributed by atoms with van der Waals surface area (Å²) in [5.74, 6) is -0.964. The Bertz CT molecular complexity index is 474. The van der Waals surface area contributed by atoms with Gasteiger partial charge >= 0.3 is 5.97 Å². The summed E-state index contributed by atoms with van der Waals surface area (Å²) < 4.78 is 18.6. The third-order valence-electron chi connectivity index (χ3n) is 2.72. The number of ether oxygens (including phenoxy) is 1. The molecule has 0 aliphatic heterocycles. The highest BCUT2D eigenvalue weighted by atomic mass is 19.1. The number of hydrogen-bond acceptors (Lipinski definition) is 4. The highest BCUT2D eigenvalue weighted by molar-refractivity contribution is 5.94. The van der Waals surface area contributed by atoms with Crippen LogP contribution in [-0.4, -0.2) is 32.0 Å². The van der Waals surface area contributed by atoms with Gasteiger partial charge < -0.3 is 9.64 Å². The van der Waals surface area contributed by atoms with Gasteiger partial charge in [0, 0.05) is 19.2 Å². The van der Waals surface area contributed by atoms with E-state index in [0.29, 0.717) is 24.4 Å². The zero-order valence-electron chi connectivity index (χ0n) is 11.4. The summed E-state index contributed by atoms with van der Waals surface area (Å²) in [6.45, 7) is 3.82. The smallest absolute Gasteiger partial charge is 0.307 e. The second-order valence-electron chi connectivity index (χ2n) is 4.20. The molecular formula is C14H18FNO3. The van der Waals surface area contributed by atoms with E-state index in [0.717, 1.165) is 0 Å². The first-order valence-corrected chi connectivity index (χ1v) is 6.13. The first-order chi connectivity index (χ1) is 8.95. The monoisotopic (exact) mass is 267 g/mol. The molecule has 1 aromatic carbocycles. The van der Waals surface area contributed by atoms with E-state index < -0.39 is 5.82 Å². The molecule has 0 radical (unpaired) electrons. The second-order valence-corrected chi connectivity index (χ2v) is 4.20. The minimum absolute atomic E-state index is 0.181. The summed E-state index contributed by atoms with van der Waals surface area (Å²) in [5, 5.41) is 0. The maximum absolute atomic E-state index is 13.8. The van der Waals surface area contributed by atoms with E-state index in [1.54, 1.807) is 24.9 Å².